The Morgan fingerprint density at radius 3 is 2.69 bits per heavy atom. The van der Waals surface area contributed by atoms with E-state index >= 15 is 0 Å². The lowest BCUT2D eigenvalue weighted by Gasteiger charge is -2.13. The third kappa shape index (κ3) is 2.34. The van der Waals surface area contributed by atoms with Crippen LogP contribution < -0.4 is 5.73 Å². The van der Waals surface area contributed by atoms with Crippen LogP contribution in [0.4, 0.5) is 4.39 Å². The predicted molar refractivity (Wildman–Crippen MR) is 69.2 cm³/mol. The molecule has 0 amide bonds. The molecule has 0 saturated heterocycles. The van der Waals surface area contributed by atoms with Crippen LogP contribution in [0, 0.1) is 12.7 Å². The first-order chi connectivity index (χ1) is 7.58. The van der Waals surface area contributed by atoms with Crippen LogP contribution >= 0.6 is 27.3 Å². The highest BCUT2D eigenvalue weighted by Gasteiger charge is 2.13. The summed E-state index contributed by atoms with van der Waals surface area (Å²) in [6, 6.07) is 6.52. The first-order valence-electron chi connectivity index (χ1n) is 4.83. The van der Waals surface area contributed by atoms with Gasteiger partial charge in [0, 0.05) is 0 Å². The van der Waals surface area contributed by atoms with E-state index in [1.807, 2.05) is 18.4 Å². The molecule has 0 aliphatic rings. The second kappa shape index (κ2) is 4.65. The van der Waals surface area contributed by atoms with E-state index in [4.69, 9.17) is 5.73 Å². The van der Waals surface area contributed by atoms with Gasteiger partial charge in [-0.1, -0.05) is 6.07 Å². The Labute approximate surface area is 106 Å². The van der Waals surface area contributed by atoms with Gasteiger partial charge in [-0.3, -0.25) is 0 Å². The van der Waals surface area contributed by atoms with Gasteiger partial charge in [-0.25, -0.2) is 4.39 Å². The average Bonchev–Trinajstić information content (AvgIpc) is 2.64. The molecule has 2 rings (SSSR count). The van der Waals surface area contributed by atoms with Crippen LogP contribution in [0.1, 0.15) is 22.7 Å². The van der Waals surface area contributed by atoms with Crippen molar-refractivity contribution >= 4 is 27.3 Å². The first-order valence-corrected chi connectivity index (χ1v) is 6.51. The molecule has 0 fully saturated rings. The number of nitrogens with two attached hydrogens (primary N) is 1. The van der Waals surface area contributed by atoms with Crippen LogP contribution in [0.5, 0.6) is 0 Å². The van der Waals surface area contributed by atoms with E-state index in [1.54, 1.807) is 17.4 Å². The van der Waals surface area contributed by atoms with Gasteiger partial charge in [0.25, 0.3) is 0 Å². The van der Waals surface area contributed by atoms with Gasteiger partial charge in [-0.2, -0.15) is 0 Å². The number of rotatable bonds is 2. The minimum Gasteiger partial charge on any atom is -0.320 e. The maximum Gasteiger partial charge on any atom is 0.123 e. The van der Waals surface area contributed by atoms with Crippen LogP contribution in [0.2, 0.25) is 0 Å². The molecular weight excluding hydrogens is 289 g/mol. The second-order valence-electron chi connectivity index (χ2n) is 3.66. The van der Waals surface area contributed by atoms with Crippen LogP contribution in [0.15, 0.2) is 33.4 Å². The molecule has 0 aliphatic carbocycles. The highest BCUT2D eigenvalue weighted by Crippen LogP contribution is 2.29. The number of benzene rings is 1. The van der Waals surface area contributed by atoms with E-state index in [1.165, 1.54) is 12.1 Å². The maximum atomic E-state index is 13.0. The van der Waals surface area contributed by atoms with Gasteiger partial charge in [0.2, 0.25) is 0 Å². The standard InChI is InChI=1S/C12H11BrFNS/c1-7-4-9(14)2-3-10(7)12(15)8-5-11(13)16-6-8/h2-6,12H,15H2,1H3. The van der Waals surface area contributed by atoms with Crippen molar-refractivity contribution in [3.05, 3.63) is 55.9 Å². The lowest BCUT2D eigenvalue weighted by molar-refractivity contribution is 0.625. The monoisotopic (exact) mass is 299 g/mol. The quantitative estimate of drug-likeness (QED) is 0.891. The summed E-state index contributed by atoms with van der Waals surface area (Å²) in [5, 5.41) is 2.01. The van der Waals surface area contributed by atoms with Crippen molar-refractivity contribution in [2.75, 3.05) is 0 Å². The molecular formula is C12H11BrFNS. The fraction of sp³-hybridized carbons (Fsp3) is 0.167. The molecule has 16 heavy (non-hydrogen) atoms. The van der Waals surface area contributed by atoms with Gasteiger partial charge >= 0.3 is 0 Å². The summed E-state index contributed by atoms with van der Waals surface area (Å²) < 4.78 is 14.0. The van der Waals surface area contributed by atoms with Crippen LogP contribution in [-0.2, 0) is 0 Å². The van der Waals surface area contributed by atoms with E-state index in [2.05, 4.69) is 15.9 Å². The summed E-state index contributed by atoms with van der Waals surface area (Å²) in [4.78, 5) is 0. The Balaban J connectivity index is 2.37. The number of halogens is 2. The predicted octanol–water partition coefficient (Wildman–Crippen LogP) is 4.01. The molecule has 4 heteroatoms. The zero-order valence-corrected chi connectivity index (χ0v) is 11.1. The summed E-state index contributed by atoms with van der Waals surface area (Å²) in [6.07, 6.45) is 0. The molecule has 2 N–H and O–H groups in total. The van der Waals surface area contributed by atoms with E-state index in [0.717, 1.165) is 20.5 Å². The van der Waals surface area contributed by atoms with Gasteiger partial charge < -0.3 is 5.73 Å². The third-order valence-corrected chi connectivity index (χ3v) is 4.04. The van der Waals surface area contributed by atoms with Crippen LogP contribution in [0.25, 0.3) is 0 Å². The molecule has 2 aromatic rings. The summed E-state index contributed by atoms with van der Waals surface area (Å²) in [5.74, 6) is -0.222. The van der Waals surface area contributed by atoms with E-state index in [0.29, 0.717) is 0 Å². The highest BCUT2D eigenvalue weighted by molar-refractivity contribution is 9.11. The van der Waals surface area contributed by atoms with Crippen molar-refractivity contribution in [1.29, 1.82) is 0 Å². The molecule has 1 heterocycles. The number of hydrogen-bond donors (Lipinski definition) is 1. The van der Waals surface area contributed by atoms with Crippen molar-refractivity contribution in [3.8, 4) is 0 Å². The Morgan fingerprint density at radius 1 is 1.38 bits per heavy atom. The molecule has 1 aromatic carbocycles. The normalized spacial score (nSPS) is 12.8. The minimum absolute atomic E-state index is 0.192. The van der Waals surface area contributed by atoms with Crippen LogP contribution in [0.3, 0.4) is 0 Å². The number of thiophene rings is 1. The fourth-order valence-corrected chi connectivity index (χ4v) is 2.87. The molecule has 0 bridgehead atoms. The fourth-order valence-electron chi connectivity index (χ4n) is 1.65. The minimum atomic E-state index is -0.222. The molecule has 0 radical (unpaired) electrons. The van der Waals surface area contributed by atoms with Crippen molar-refractivity contribution in [1.82, 2.24) is 0 Å². The maximum absolute atomic E-state index is 13.0. The molecule has 0 aliphatic heterocycles. The second-order valence-corrected chi connectivity index (χ2v) is 5.95. The molecule has 1 unspecified atom stereocenters. The zero-order chi connectivity index (χ0) is 11.7. The smallest absolute Gasteiger partial charge is 0.123 e. The Morgan fingerprint density at radius 2 is 2.12 bits per heavy atom. The largest absolute Gasteiger partial charge is 0.320 e. The Hall–Kier alpha value is -0.710. The highest BCUT2D eigenvalue weighted by atomic mass is 79.9. The van der Waals surface area contributed by atoms with Gasteiger partial charge in [0.15, 0.2) is 0 Å². The lowest BCUT2D eigenvalue weighted by Crippen LogP contribution is -2.12. The topological polar surface area (TPSA) is 26.0 Å². The summed E-state index contributed by atoms with van der Waals surface area (Å²) in [5.41, 5.74) is 9.04. The van der Waals surface area contributed by atoms with Gasteiger partial charge in [0.1, 0.15) is 5.82 Å². The molecule has 1 atom stereocenters. The van der Waals surface area contributed by atoms with E-state index in [-0.39, 0.29) is 11.9 Å². The first kappa shape index (κ1) is 11.8. The molecule has 1 nitrogen and oxygen atoms in total. The zero-order valence-electron chi connectivity index (χ0n) is 8.71. The molecule has 0 saturated carbocycles. The summed E-state index contributed by atoms with van der Waals surface area (Å²) in [7, 11) is 0. The van der Waals surface area contributed by atoms with E-state index in [9.17, 15) is 4.39 Å². The summed E-state index contributed by atoms with van der Waals surface area (Å²) in [6.45, 7) is 1.87. The molecule has 1 aromatic heterocycles. The van der Waals surface area contributed by atoms with Crippen molar-refractivity contribution in [3.63, 3.8) is 0 Å². The van der Waals surface area contributed by atoms with Crippen LogP contribution in [-0.4, -0.2) is 0 Å². The Kier molecular flexibility index (Phi) is 3.42. The SMILES string of the molecule is Cc1cc(F)ccc1C(N)c1csc(Br)c1. The number of aryl methyl sites for hydroxylation is 1. The molecule has 84 valence electrons. The third-order valence-electron chi connectivity index (χ3n) is 2.51. The van der Waals surface area contributed by atoms with Crippen molar-refractivity contribution in [2.45, 2.75) is 13.0 Å². The van der Waals surface area contributed by atoms with Gasteiger partial charge in [-0.15, -0.1) is 11.3 Å². The lowest BCUT2D eigenvalue weighted by atomic mass is 9.98. The van der Waals surface area contributed by atoms with Crippen molar-refractivity contribution in [2.24, 2.45) is 5.73 Å². The summed E-state index contributed by atoms with van der Waals surface area (Å²) >= 11 is 5.01. The van der Waals surface area contributed by atoms with E-state index < -0.39 is 0 Å². The van der Waals surface area contributed by atoms with Gasteiger partial charge in [-0.05, 0) is 63.1 Å². The van der Waals surface area contributed by atoms with Crippen molar-refractivity contribution < 1.29 is 4.39 Å². The number of hydrogen-bond acceptors (Lipinski definition) is 2. The Bertz CT molecular complexity index is 509. The van der Waals surface area contributed by atoms with Gasteiger partial charge in [0.05, 0.1) is 9.83 Å². The average molecular weight is 300 g/mol. The molecule has 0 spiro atoms.